The van der Waals surface area contributed by atoms with Crippen LogP contribution in [0.1, 0.15) is 0 Å². The van der Waals surface area contributed by atoms with E-state index >= 15 is 0 Å². The maximum Gasteiger partial charge on any atom is 0.110 e. The first-order valence-electron chi connectivity index (χ1n) is 3.69. The standard InChI is InChI=1S/C8H12O4/c1-4-2-5(3-9)7(11)8(12)6(4)10/h1-2,4,6-12H,3H2/t4-,6?,7+,8-/m1/s1. The Morgan fingerprint density at radius 3 is 2.33 bits per heavy atom. The highest BCUT2D eigenvalue weighted by Gasteiger charge is 2.34. The third-order valence-corrected chi connectivity index (χ3v) is 2.04. The molecule has 0 aromatic heterocycles. The van der Waals surface area contributed by atoms with Gasteiger partial charge in [0, 0.05) is 5.92 Å². The van der Waals surface area contributed by atoms with Crippen LogP contribution >= 0.6 is 0 Å². The van der Waals surface area contributed by atoms with Crippen molar-refractivity contribution in [3.63, 3.8) is 0 Å². The van der Waals surface area contributed by atoms with Crippen LogP contribution in [0.25, 0.3) is 0 Å². The van der Waals surface area contributed by atoms with Crippen molar-refractivity contribution in [2.75, 3.05) is 6.61 Å². The Balaban J connectivity index is 2.84. The van der Waals surface area contributed by atoms with Crippen LogP contribution in [0, 0.1) is 12.8 Å². The van der Waals surface area contributed by atoms with Crippen molar-refractivity contribution in [1.82, 2.24) is 0 Å². The van der Waals surface area contributed by atoms with Crippen LogP contribution in [0.4, 0.5) is 0 Å². The summed E-state index contributed by atoms with van der Waals surface area (Å²) in [5.41, 5.74) is 0.250. The summed E-state index contributed by atoms with van der Waals surface area (Å²) in [7, 11) is 0. The third kappa shape index (κ3) is 1.51. The van der Waals surface area contributed by atoms with Crippen LogP contribution in [0.3, 0.4) is 0 Å². The highest BCUT2D eigenvalue weighted by molar-refractivity contribution is 5.19. The monoisotopic (exact) mass is 172 g/mol. The lowest BCUT2D eigenvalue weighted by molar-refractivity contribution is -0.0660. The van der Waals surface area contributed by atoms with E-state index in [4.69, 9.17) is 17.1 Å². The molecule has 0 bridgehead atoms. The summed E-state index contributed by atoms with van der Waals surface area (Å²) in [6.45, 7) is 5.03. The molecule has 4 heteroatoms. The van der Waals surface area contributed by atoms with Gasteiger partial charge in [0.05, 0.1) is 12.7 Å². The van der Waals surface area contributed by atoms with Crippen molar-refractivity contribution in [2.24, 2.45) is 5.92 Å². The molecule has 0 aromatic rings. The van der Waals surface area contributed by atoms with Gasteiger partial charge in [-0.25, -0.2) is 0 Å². The van der Waals surface area contributed by atoms with Crippen LogP contribution in [-0.2, 0) is 0 Å². The van der Waals surface area contributed by atoms with Crippen molar-refractivity contribution in [1.29, 1.82) is 0 Å². The largest absolute Gasteiger partial charge is 0.392 e. The fourth-order valence-electron chi connectivity index (χ4n) is 1.22. The van der Waals surface area contributed by atoms with Crippen LogP contribution in [0.2, 0.25) is 0 Å². The molecule has 12 heavy (non-hydrogen) atoms. The van der Waals surface area contributed by atoms with Gasteiger partial charge in [0.25, 0.3) is 0 Å². The second-order valence-corrected chi connectivity index (χ2v) is 2.90. The molecule has 0 spiro atoms. The first-order valence-corrected chi connectivity index (χ1v) is 3.69. The lowest BCUT2D eigenvalue weighted by Gasteiger charge is -2.32. The highest BCUT2D eigenvalue weighted by Crippen LogP contribution is 2.23. The minimum atomic E-state index is -1.31. The van der Waals surface area contributed by atoms with Gasteiger partial charge in [0.2, 0.25) is 0 Å². The maximum absolute atomic E-state index is 9.23. The molecule has 0 aromatic carbocycles. The summed E-state index contributed by atoms with van der Waals surface area (Å²) in [5, 5.41) is 36.3. The summed E-state index contributed by atoms with van der Waals surface area (Å²) < 4.78 is 0. The first kappa shape index (κ1) is 9.67. The number of aliphatic hydroxyl groups excluding tert-OH is 4. The molecule has 0 saturated carbocycles. The molecule has 4 N–H and O–H groups in total. The van der Waals surface area contributed by atoms with E-state index < -0.39 is 24.2 Å². The van der Waals surface area contributed by atoms with Gasteiger partial charge >= 0.3 is 0 Å². The third-order valence-electron chi connectivity index (χ3n) is 2.04. The summed E-state index contributed by atoms with van der Waals surface area (Å²) >= 11 is 0. The molecule has 1 unspecified atom stereocenters. The first-order chi connectivity index (χ1) is 5.57. The second kappa shape index (κ2) is 3.53. The summed E-state index contributed by atoms with van der Waals surface area (Å²) in [6.07, 6.45) is -2.34. The highest BCUT2D eigenvalue weighted by atomic mass is 16.4. The molecule has 1 rings (SSSR count). The Labute approximate surface area is 70.8 Å². The van der Waals surface area contributed by atoms with Crippen molar-refractivity contribution >= 4 is 0 Å². The van der Waals surface area contributed by atoms with Crippen LogP contribution in [0.15, 0.2) is 11.6 Å². The fraction of sp³-hybridized carbons (Fsp3) is 0.625. The second-order valence-electron chi connectivity index (χ2n) is 2.90. The zero-order valence-corrected chi connectivity index (χ0v) is 6.46. The minimum Gasteiger partial charge on any atom is -0.392 e. The van der Waals surface area contributed by atoms with E-state index in [9.17, 15) is 10.2 Å². The van der Waals surface area contributed by atoms with Crippen molar-refractivity contribution in [3.8, 4) is 0 Å². The van der Waals surface area contributed by atoms with Gasteiger partial charge in [0.1, 0.15) is 12.2 Å². The number of hydrogen-bond acceptors (Lipinski definition) is 4. The molecule has 0 amide bonds. The average molecular weight is 172 g/mol. The van der Waals surface area contributed by atoms with Gasteiger partial charge in [-0.15, -0.1) is 0 Å². The SMILES string of the molecule is [CH][C@@H]1C=C(CO)[C@H](O)[C@H](O)C1O. The van der Waals surface area contributed by atoms with Gasteiger partial charge in [-0.1, -0.05) is 6.08 Å². The zero-order valence-electron chi connectivity index (χ0n) is 6.46. The Bertz CT molecular complexity index is 189. The fourth-order valence-corrected chi connectivity index (χ4v) is 1.22. The Morgan fingerprint density at radius 2 is 1.83 bits per heavy atom. The average Bonchev–Trinajstić information content (AvgIpc) is 2.08. The molecule has 0 saturated heterocycles. The van der Waals surface area contributed by atoms with Crippen LogP contribution in [-0.4, -0.2) is 45.3 Å². The van der Waals surface area contributed by atoms with E-state index in [1.54, 1.807) is 0 Å². The molecule has 2 radical (unpaired) electrons. The van der Waals surface area contributed by atoms with E-state index in [2.05, 4.69) is 0 Å². The summed E-state index contributed by atoms with van der Waals surface area (Å²) in [6, 6.07) is 0. The van der Waals surface area contributed by atoms with Crippen LogP contribution < -0.4 is 0 Å². The molecule has 68 valence electrons. The van der Waals surface area contributed by atoms with Gasteiger partial charge < -0.3 is 20.4 Å². The van der Waals surface area contributed by atoms with E-state index in [-0.39, 0.29) is 12.2 Å². The van der Waals surface area contributed by atoms with Crippen molar-refractivity contribution in [2.45, 2.75) is 18.3 Å². The molecule has 1 aliphatic carbocycles. The summed E-state index contributed by atoms with van der Waals surface area (Å²) in [4.78, 5) is 0. The topological polar surface area (TPSA) is 80.9 Å². The van der Waals surface area contributed by atoms with Crippen LogP contribution in [0.5, 0.6) is 0 Å². The summed E-state index contributed by atoms with van der Waals surface area (Å²) in [5.74, 6) is -0.731. The molecule has 0 fully saturated rings. The molecular weight excluding hydrogens is 160 g/mol. The molecule has 4 nitrogen and oxygen atoms in total. The van der Waals surface area contributed by atoms with E-state index in [1.807, 2.05) is 0 Å². The quantitative estimate of drug-likeness (QED) is 0.356. The van der Waals surface area contributed by atoms with Crippen molar-refractivity contribution < 1.29 is 20.4 Å². The smallest absolute Gasteiger partial charge is 0.110 e. The lowest BCUT2D eigenvalue weighted by Crippen LogP contribution is -2.45. The Kier molecular flexibility index (Phi) is 2.85. The minimum absolute atomic E-state index is 0.250. The molecule has 1 aliphatic rings. The van der Waals surface area contributed by atoms with E-state index in [0.717, 1.165) is 0 Å². The Morgan fingerprint density at radius 1 is 1.25 bits per heavy atom. The predicted octanol–water partition coefficient (Wildman–Crippen LogP) is -1.67. The number of hydrogen-bond donors (Lipinski definition) is 4. The van der Waals surface area contributed by atoms with E-state index in [0.29, 0.717) is 0 Å². The molecular formula is C8H12O4. The van der Waals surface area contributed by atoms with Crippen molar-refractivity contribution in [3.05, 3.63) is 18.6 Å². The lowest BCUT2D eigenvalue weighted by atomic mass is 9.85. The number of aliphatic hydroxyl groups is 4. The normalized spacial score (nSPS) is 42.6. The molecule has 0 heterocycles. The number of rotatable bonds is 1. The maximum atomic E-state index is 9.23. The van der Waals surface area contributed by atoms with Gasteiger partial charge in [0.15, 0.2) is 0 Å². The molecule has 0 aliphatic heterocycles. The van der Waals surface area contributed by atoms with E-state index in [1.165, 1.54) is 6.08 Å². The van der Waals surface area contributed by atoms with Gasteiger partial charge in [-0.3, -0.25) is 0 Å². The van der Waals surface area contributed by atoms with Gasteiger partial charge in [-0.05, 0) is 12.5 Å². The predicted molar refractivity (Wildman–Crippen MR) is 41.0 cm³/mol. The van der Waals surface area contributed by atoms with Gasteiger partial charge in [-0.2, -0.15) is 0 Å². The molecule has 4 atom stereocenters. The zero-order chi connectivity index (χ0) is 9.30. The Hall–Kier alpha value is -0.420.